The van der Waals surface area contributed by atoms with Crippen LogP contribution in [0.2, 0.25) is 0 Å². The Morgan fingerprint density at radius 3 is 2.49 bits per heavy atom. The SMILES string of the molecule is CC(C)(O)CCOc1cc(C(F)(F)F)c(-c2ccc(F)c(COc3cc4c(cn3)[C@H]3[C@@H](C4)[C@@H]3C(=O)O)c2)cn1. The summed E-state index contributed by atoms with van der Waals surface area (Å²) in [5.41, 5.74) is -0.338. The van der Waals surface area contributed by atoms with Gasteiger partial charge in [-0.05, 0) is 55.0 Å². The first-order chi connectivity index (χ1) is 18.3. The Balaban J connectivity index is 1.33. The Morgan fingerprint density at radius 2 is 1.79 bits per heavy atom. The van der Waals surface area contributed by atoms with Gasteiger partial charge < -0.3 is 19.7 Å². The van der Waals surface area contributed by atoms with Crippen LogP contribution >= 0.6 is 0 Å². The molecule has 0 unspecified atom stereocenters. The Hall–Kier alpha value is -3.73. The van der Waals surface area contributed by atoms with Crippen molar-refractivity contribution in [1.29, 1.82) is 0 Å². The quantitative estimate of drug-likeness (QED) is 0.347. The molecule has 206 valence electrons. The van der Waals surface area contributed by atoms with E-state index in [4.69, 9.17) is 9.47 Å². The lowest BCUT2D eigenvalue weighted by Crippen LogP contribution is -2.22. The van der Waals surface area contributed by atoms with Crippen molar-refractivity contribution in [3.63, 3.8) is 0 Å². The number of aliphatic carboxylic acids is 1. The third-order valence-corrected chi connectivity index (χ3v) is 7.15. The second kappa shape index (κ2) is 9.78. The van der Waals surface area contributed by atoms with Crippen LogP contribution in [0.4, 0.5) is 17.6 Å². The molecular weight excluding hydrogens is 520 g/mol. The number of pyridine rings is 2. The number of carboxylic acids is 1. The largest absolute Gasteiger partial charge is 0.481 e. The number of fused-ring (bicyclic) bond motifs is 3. The third-order valence-electron chi connectivity index (χ3n) is 7.15. The number of benzene rings is 1. The highest BCUT2D eigenvalue weighted by atomic mass is 19.4. The number of hydrogen-bond acceptors (Lipinski definition) is 6. The summed E-state index contributed by atoms with van der Waals surface area (Å²) in [6.07, 6.45) is -1.33. The smallest absolute Gasteiger partial charge is 0.417 e. The summed E-state index contributed by atoms with van der Waals surface area (Å²) in [5, 5.41) is 19.0. The molecule has 5 rings (SSSR count). The van der Waals surface area contributed by atoms with Gasteiger partial charge in [0.25, 0.3) is 0 Å². The fourth-order valence-corrected chi connectivity index (χ4v) is 5.07. The molecule has 7 nitrogen and oxygen atoms in total. The number of alkyl halides is 3. The summed E-state index contributed by atoms with van der Waals surface area (Å²) in [5.74, 6) is -1.86. The Kier molecular flexibility index (Phi) is 6.74. The number of aromatic nitrogens is 2. The van der Waals surface area contributed by atoms with E-state index in [2.05, 4.69) is 9.97 Å². The van der Waals surface area contributed by atoms with Crippen LogP contribution in [-0.2, 0) is 24.0 Å². The van der Waals surface area contributed by atoms with Crippen LogP contribution in [0.25, 0.3) is 11.1 Å². The van der Waals surface area contributed by atoms with Crippen LogP contribution in [0.1, 0.15) is 48.4 Å². The average molecular weight is 547 g/mol. The van der Waals surface area contributed by atoms with Crippen molar-refractivity contribution in [2.45, 2.75) is 51.0 Å². The van der Waals surface area contributed by atoms with E-state index in [9.17, 15) is 32.6 Å². The monoisotopic (exact) mass is 546 g/mol. The van der Waals surface area contributed by atoms with Crippen molar-refractivity contribution in [3.05, 3.63) is 70.8 Å². The maximum atomic E-state index is 14.6. The van der Waals surface area contributed by atoms with Gasteiger partial charge >= 0.3 is 12.1 Å². The van der Waals surface area contributed by atoms with E-state index in [1.807, 2.05) is 0 Å². The van der Waals surface area contributed by atoms with Gasteiger partial charge in [0.05, 0.1) is 23.7 Å². The van der Waals surface area contributed by atoms with E-state index in [-0.39, 0.29) is 65.8 Å². The van der Waals surface area contributed by atoms with E-state index in [1.165, 1.54) is 12.1 Å². The molecule has 1 aromatic carbocycles. The van der Waals surface area contributed by atoms with Crippen molar-refractivity contribution >= 4 is 5.97 Å². The summed E-state index contributed by atoms with van der Waals surface area (Å²) in [6, 6.07) is 6.06. The molecule has 39 heavy (non-hydrogen) atoms. The number of halogens is 4. The summed E-state index contributed by atoms with van der Waals surface area (Å²) in [7, 11) is 0. The van der Waals surface area contributed by atoms with Gasteiger partial charge in [0, 0.05) is 48.0 Å². The highest BCUT2D eigenvalue weighted by Crippen LogP contribution is 2.61. The lowest BCUT2D eigenvalue weighted by molar-refractivity contribution is -0.139. The van der Waals surface area contributed by atoms with Crippen LogP contribution in [0.3, 0.4) is 0 Å². The molecule has 1 fully saturated rings. The zero-order valence-electron chi connectivity index (χ0n) is 21.1. The molecule has 0 bridgehead atoms. The van der Waals surface area contributed by atoms with Gasteiger partial charge in [-0.25, -0.2) is 14.4 Å². The van der Waals surface area contributed by atoms with Gasteiger partial charge in [-0.2, -0.15) is 13.2 Å². The van der Waals surface area contributed by atoms with Crippen molar-refractivity contribution in [2.24, 2.45) is 11.8 Å². The molecular formula is C28H26F4N2O5. The minimum Gasteiger partial charge on any atom is -0.481 e. The zero-order chi connectivity index (χ0) is 28.1. The Labute approximate surface area is 221 Å². The standard InChI is InChI=1S/C28H26F4N2O5/c1-27(2,37)5-6-38-23-10-20(28(30,31)32)18(11-33-23)14-3-4-21(29)16(7-14)13-39-22-9-15-8-17-24(19(15)12-34-22)25(17)26(35)36/h3-4,7,9-12,17,24-25,37H,5-6,8,13H2,1-2H3,(H,35,36)/t17-,24-,25+/m1/s1. The number of hydrogen-bond donors (Lipinski definition) is 2. The normalized spacial score (nSPS) is 19.8. The third kappa shape index (κ3) is 5.68. The topological polar surface area (TPSA) is 102 Å². The number of nitrogens with zero attached hydrogens (tertiary/aromatic N) is 2. The van der Waals surface area contributed by atoms with Crippen LogP contribution < -0.4 is 9.47 Å². The van der Waals surface area contributed by atoms with Crippen LogP contribution in [0.5, 0.6) is 11.8 Å². The van der Waals surface area contributed by atoms with Gasteiger partial charge in [0.1, 0.15) is 12.4 Å². The summed E-state index contributed by atoms with van der Waals surface area (Å²) < 4.78 is 67.3. The molecule has 2 aliphatic rings. The lowest BCUT2D eigenvalue weighted by atomic mass is 9.99. The minimum absolute atomic E-state index is 0.0244. The van der Waals surface area contributed by atoms with Crippen molar-refractivity contribution in [2.75, 3.05) is 6.61 Å². The number of carbonyl (C=O) groups is 1. The maximum absolute atomic E-state index is 14.6. The molecule has 1 saturated carbocycles. The molecule has 0 radical (unpaired) electrons. The van der Waals surface area contributed by atoms with Crippen molar-refractivity contribution in [3.8, 4) is 22.9 Å². The van der Waals surface area contributed by atoms with Gasteiger partial charge in [-0.1, -0.05) is 6.07 Å². The molecule has 0 saturated heterocycles. The fourth-order valence-electron chi connectivity index (χ4n) is 5.07. The predicted octanol–water partition coefficient (Wildman–Crippen LogP) is 5.39. The van der Waals surface area contributed by atoms with Gasteiger partial charge in [0.15, 0.2) is 0 Å². The molecule has 0 aliphatic heterocycles. The van der Waals surface area contributed by atoms with Gasteiger partial charge in [0.2, 0.25) is 11.8 Å². The molecule has 11 heteroatoms. The molecule has 0 amide bonds. The molecule has 2 heterocycles. The predicted molar refractivity (Wildman–Crippen MR) is 131 cm³/mol. The first-order valence-electron chi connectivity index (χ1n) is 12.4. The second-order valence-corrected chi connectivity index (χ2v) is 10.6. The highest BCUT2D eigenvalue weighted by molar-refractivity contribution is 5.77. The molecule has 0 spiro atoms. The average Bonchev–Trinajstić information content (AvgIpc) is 3.44. The van der Waals surface area contributed by atoms with E-state index < -0.39 is 29.1 Å². The van der Waals surface area contributed by atoms with E-state index in [1.54, 1.807) is 26.1 Å². The summed E-state index contributed by atoms with van der Waals surface area (Å²) in [6.45, 7) is 2.82. The number of carboxylic acid groups (broad SMARTS) is 1. The van der Waals surface area contributed by atoms with E-state index >= 15 is 0 Å². The first kappa shape index (κ1) is 26.9. The zero-order valence-corrected chi connectivity index (χ0v) is 21.1. The second-order valence-electron chi connectivity index (χ2n) is 10.6. The fraction of sp³-hybridized carbons (Fsp3) is 0.393. The van der Waals surface area contributed by atoms with E-state index in [0.717, 1.165) is 29.5 Å². The van der Waals surface area contributed by atoms with Gasteiger partial charge in [-0.3, -0.25) is 4.79 Å². The maximum Gasteiger partial charge on any atom is 0.417 e. The number of rotatable bonds is 9. The Bertz CT molecular complexity index is 1420. The molecule has 3 atom stereocenters. The van der Waals surface area contributed by atoms with Crippen molar-refractivity contribution < 1.29 is 42.0 Å². The summed E-state index contributed by atoms with van der Waals surface area (Å²) in [4.78, 5) is 19.5. The van der Waals surface area contributed by atoms with Crippen LogP contribution in [0, 0.1) is 17.7 Å². The lowest BCUT2D eigenvalue weighted by Gasteiger charge is -2.18. The molecule has 2 N–H and O–H groups in total. The minimum atomic E-state index is -4.73. The van der Waals surface area contributed by atoms with E-state index in [0.29, 0.717) is 6.42 Å². The first-order valence-corrected chi connectivity index (χ1v) is 12.4. The molecule has 3 aromatic rings. The van der Waals surface area contributed by atoms with Crippen molar-refractivity contribution in [1.82, 2.24) is 9.97 Å². The molecule has 2 aromatic heterocycles. The number of ether oxygens (including phenoxy) is 2. The van der Waals surface area contributed by atoms with Gasteiger partial charge in [-0.15, -0.1) is 0 Å². The Morgan fingerprint density at radius 1 is 1.08 bits per heavy atom. The van der Waals surface area contributed by atoms with Crippen LogP contribution in [-0.4, -0.2) is 38.4 Å². The van der Waals surface area contributed by atoms with Crippen LogP contribution in [0.15, 0.2) is 42.7 Å². The number of aliphatic hydroxyl groups is 1. The highest BCUT2D eigenvalue weighted by Gasteiger charge is 2.59. The molecule has 2 aliphatic carbocycles. The summed E-state index contributed by atoms with van der Waals surface area (Å²) >= 11 is 0.